The van der Waals surface area contributed by atoms with Crippen LogP contribution in [0.25, 0.3) is 10.9 Å². The lowest BCUT2D eigenvalue weighted by molar-refractivity contribution is -0.156. The normalized spacial score (nSPS) is 21.0. The van der Waals surface area contributed by atoms with Gasteiger partial charge < -0.3 is 121 Å². The van der Waals surface area contributed by atoms with Crippen molar-refractivity contribution in [2.24, 2.45) is 17.4 Å². The van der Waals surface area contributed by atoms with Gasteiger partial charge in [-0.1, -0.05) is 82.7 Å². The molecule has 0 unspecified atom stereocenters. The number of H-pyrrole nitrogens is 1. The molecule has 0 bridgehead atoms. The van der Waals surface area contributed by atoms with Gasteiger partial charge in [0.15, 0.2) is 5.78 Å². The molecule has 4 rings (SSSR count). The molecule has 24 N–H and O–H groups in total. The third kappa shape index (κ3) is 33.3. The zero-order valence-corrected chi connectivity index (χ0v) is 65.2. The third-order valence-electron chi connectivity index (χ3n) is 18.2. The summed E-state index contributed by atoms with van der Waals surface area (Å²) in [5.74, 6) is -29.5. The van der Waals surface area contributed by atoms with Crippen LogP contribution in [-0.2, 0) is 102 Å². The van der Waals surface area contributed by atoms with Crippen LogP contribution in [0.2, 0.25) is 0 Å². The van der Waals surface area contributed by atoms with E-state index in [-0.39, 0.29) is 50.0 Å². The molecule has 3 aromatic rings. The number of aromatic amines is 1. The van der Waals surface area contributed by atoms with Crippen LogP contribution in [0.1, 0.15) is 153 Å². The molecule has 1 aliphatic rings. The first kappa shape index (κ1) is 96.7. The summed E-state index contributed by atoms with van der Waals surface area (Å²) in [6, 6.07) is -9.95. The second-order valence-corrected chi connectivity index (χ2v) is 27.7. The molecule has 117 heavy (non-hydrogen) atoms. The Bertz CT molecular complexity index is 4080. The molecule has 43 nitrogen and oxygen atoms in total. The first-order valence-corrected chi connectivity index (χ1v) is 37.8. The number of esters is 1. The van der Waals surface area contributed by atoms with Crippen LogP contribution in [0.3, 0.4) is 0 Å². The molecule has 0 saturated carbocycles. The van der Waals surface area contributed by atoms with Crippen LogP contribution in [-0.4, -0.2) is 254 Å². The molecule has 642 valence electrons. The highest BCUT2D eigenvalue weighted by Gasteiger charge is 2.41. The van der Waals surface area contributed by atoms with Crippen molar-refractivity contribution >= 4 is 135 Å². The lowest BCUT2D eigenvalue weighted by Crippen LogP contribution is -2.62. The lowest BCUT2D eigenvalue weighted by Gasteiger charge is -2.30. The molecule has 43 heteroatoms. The number of hydrogen-bond donors (Lipinski definition) is 22. The maximum Gasteiger partial charge on any atom is 0.329 e. The highest BCUT2D eigenvalue weighted by atomic mass is 16.5. The Morgan fingerprint density at radius 3 is 1.70 bits per heavy atom. The second kappa shape index (κ2) is 49.2. The molecule has 0 radical (unpaired) electrons. The Morgan fingerprint density at radius 2 is 1.09 bits per heavy atom. The summed E-state index contributed by atoms with van der Waals surface area (Å²) in [5.41, 5.74) is 12.5. The average molecular weight is 1650 g/mol. The monoisotopic (exact) mass is 1650 g/mol. The minimum Gasteiger partial charge on any atom is -0.481 e. The van der Waals surface area contributed by atoms with E-state index in [2.05, 4.69) is 70.4 Å². The van der Waals surface area contributed by atoms with Crippen molar-refractivity contribution in [3.8, 4) is 0 Å². The number of carbonyl (C=O) groups is 20. The zero-order chi connectivity index (χ0) is 87.2. The third-order valence-corrected chi connectivity index (χ3v) is 18.2. The molecule has 0 aliphatic carbocycles. The fourth-order valence-corrected chi connectivity index (χ4v) is 12.1. The van der Waals surface area contributed by atoms with Crippen LogP contribution in [0.4, 0.5) is 5.69 Å². The van der Waals surface area contributed by atoms with E-state index in [0.29, 0.717) is 29.3 Å². The summed E-state index contributed by atoms with van der Waals surface area (Å²) < 4.78 is 5.74. The number of cyclic esters (lactones) is 1. The number of ether oxygens (including phenoxy) is 1. The maximum atomic E-state index is 15.0. The number of carbonyl (C=O) groups excluding carboxylic acids is 16. The fraction of sp³-hybridized carbons (Fsp3) is 0.541. The largest absolute Gasteiger partial charge is 0.481 e. The SMILES string of the molecule is CCCCCCCCCC(=O)N[C@@H](Cc1c[nH]c2ccccc12)C(=O)N[C@H](CC(N)=O)C(=O)N[C@@H](CC(=O)O)C(=O)N[C@@H]1C(=O)NCC(=O)N[C@@H](CCCN)C(=O)N[C@@H](CC(=O)O)C(=O)N[C@H](C)C(=O)N[C@@H](CC(=O)O)C(=O)NCC(=O)N[C@H](CO)C(=O)N[C@@H]([C@H](C)CC(=O)O)C(=O)N[C@@H](CC(=O)c2ccccc2NCC)C(=O)O[C@@H]1C. The van der Waals surface area contributed by atoms with Gasteiger partial charge in [-0.3, -0.25) is 91.1 Å². The zero-order valence-electron chi connectivity index (χ0n) is 65.2. The van der Waals surface area contributed by atoms with Gasteiger partial charge in [-0.25, -0.2) is 4.79 Å². The van der Waals surface area contributed by atoms with Gasteiger partial charge in [-0.05, 0) is 76.3 Å². The van der Waals surface area contributed by atoms with Crippen LogP contribution < -0.4 is 85.9 Å². The molecule has 14 amide bonds. The van der Waals surface area contributed by atoms with Gasteiger partial charge in [0, 0.05) is 54.2 Å². The van der Waals surface area contributed by atoms with Gasteiger partial charge >= 0.3 is 29.8 Å². The van der Waals surface area contributed by atoms with Crippen molar-refractivity contribution in [2.45, 2.75) is 216 Å². The minimum atomic E-state index is -2.44. The number of aliphatic hydroxyl groups is 1. The number of nitrogens with two attached hydrogens (primary N) is 2. The van der Waals surface area contributed by atoms with Crippen molar-refractivity contribution in [1.82, 2.24) is 74.1 Å². The summed E-state index contributed by atoms with van der Waals surface area (Å²) in [5, 5.41) is 82.0. The van der Waals surface area contributed by atoms with Crippen LogP contribution in [0.5, 0.6) is 0 Å². The lowest BCUT2D eigenvalue weighted by atomic mass is 9.95. The first-order valence-electron chi connectivity index (χ1n) is 37.8. The van der Waals surface area contributed by atoms with Gasteiger partial charge in [0.1, 0.15) is 72.6 Å². The number of amides is 14. The van der Waals surface area contributed by atoms with E-state index in [4.69, 9.17) is 16.2 Å². The number of carboxylic acids is 4. The van der Waals surface area contributed by atoms with Gasteiger partial charge in [0.2, 0.25) is 82.7 Å². The topological polar surface area (TPSA) is 688 Å². The summed E-state index contributed by atoms with van der Waals surface area (Å²) >= 11 is 0. The second-order valence-electron chi connectivity index (χ2n) is 27.7. The van der Waals surface area contributed by atoms with Crippen molar-refractivity contribution < 1.29 is 126 Å². The van der Waals surface area contributed by atoms with E-state index in [1.165, 1.54) is 24.3 Å². The van der Waals surface area contributed by atoms with E-state index in [9.17, 15) is 121 Å². The number of hydrogen-bond acceptors (Lipinski definition) is 24. The molecular formula is C74H105N17O26. The minimum absolute atomic E-state index is 0.0164. The highest BCUT2D eigenvalue weighted by Crippen LogP contribution is 2.22. The van der Waals surface area contributed by atoms with Gasteiger partial charge in [-0.2, -0.15) is 0 Å². The van der Waals surface area contributed by atoms with E-state index in [1.54, 1.807) is 37.4 Å². The summed E-state index contributed by atoms with van der Waals surface area (Å²) in [7, 11) is 0. The number of unbranched alkanes of at least 4 members (excludes halogenated alkanes) is 6. The van der Waals surface area contributed by atoms with Crippen LogP contribution in [0.15, 0.2) is 54.7 Å². The van der Waals surface area contributed by atoms with Crippen molar-refractivity contribution in [3.05, 3.63) is 65.9 Å². The molecule has 1 fully saturated rings. The number of aliphatic hydroxyl groups excluding tert-OH is 1. The molecule has 0 spiro atoms. The molecule has 1 aliphatic heterocycles. The van der Waals surface area contributed by atoms with E-state index in [1.807, 2.05) is 16.0 Å². The quantitative estimate of drug-likeness (QED) is 0.0146. The number of ketones is 1. The Labute approximate surface area is 670 Å². The van der Waals surface area contributed by atoms with E-state index < -0.39 is 255 Å². The first-order chi connectivity index (χ1) is 55.4. The highest BCUT2D eigenvalue weighted by molar-refractivity contribution is 6.05. The molecule has 1 aromatic heterocycles. The summed E-state index contributed by atoms with van der Waals surface area (Å²) in [4.78, 5) is 277. The number of aromatic nitrogens is 1. The number of rotatable bonds is 37. The number of para-hydroxylation sites is 2. The molecule has 1 saturated heterocycles. The molecule has 2 heterocycles. The van der Waals surface area contributed by atoms with Gasteiger partial charge in [-0.15, -0.1) is 0 Å². The Kier molecular flexibility index (Phi) is 40.6. The standard InChI is InChI=1S/C74H105N17O26/c1-6-8-9-10-11-12-13-24-55(95)83-46(27-40-33-78-43-21-16-14-19-41(40)43)68(110)86-47(29-54(76)94)69(111)88-50(32-61(104)105)70(112)91-63-39(5)117-74(116)51(28-53(93)42-20-15-17-22-44(42)77-7-2)89-73(115)62(37(3)26-58(98)99)90-71(113)52(36-92)84-57(97)34-79-65(107)48(30-59(100)101)85-64(106)38(4)81-67(109)49(31-60(102)103)87-66(108)45(23-18-25-75)82-56(96)35-80-72(63)114/h14-17,19-22,33,37-39,45-52,62-63,77-78,92H,6-13,18,23-32,34-36,75H2,1-5H3,(H2,76,94)(H,79,107)(H,80,114)(H,81,109)(H,82,96)(H,83,95)(H,84,97)(H,85,106)(H,86,110)(H,87,108)(H,88,111)(H,89,115)(H,90,113)(H,91,112)(H,98,99)(H,100,101)(H,102,103)(H,104,105)/t37-,38-,39-,45+,46+,47-,48+,49+,50+,51+,52-,62+,63+/m1/s1. The smallest absolute Gasteiger partial charge is 0.329 e. The number of nitrogens with one attached hydrogen (secondary N) is 15. The number of primary amides is 1. The van der Waals surface area contributed by atoms with E-state index in [0.717, 1.165) is 52.9 Å². The predicted molar refractivity (Wildman–Crippen MR) is 410 cm³/mol. The average Bonchev–Trinajstić information content (AvgIpc) is 1.74. The summed E-state index contributed by atoms with van der Waals surface area (Å²) in [6.07, 6.45) is -2.22. The number of Topliss-reactive ketones (excluding diaryl/α,β-unsaturated/α-hetero) is 1. The van der Waals surface area contributed by atoms with Gasteiger partial charge in [0.05, 0.1) is 51.8 Å². The Balaban J connectivity index is 1.90. The van der Waals surface area contributed by atoms with Crippen LogP contribution in [0, 0.1) is 5.92 Å². The van der Waals surface area contributed by atoms with E-state index >= 15 is 0 Å². The Morgan fingerprint density at radius 1 is 0.547 bits per heavy atom. The van der Waals surface area contributed by atoms with Crippen molar-refractivity contribution in [1.29, 1.82) is 0 Å². The van der Waals surface area contributed by atoms with Crippen molar-refractivity contribution in [2.75, 3.05) is 38.1 Å². The Hall–Kier alpha value is -12.7. The van der Waals surface area contributed by atoms with Crippen LogP contribution >= 0.6 is 0 Å². The van der Waals surface area contributed by atoms with Gasteiger partial charge in [0.25, 0.3) is 0 Å². The predicted octanol–water partition coefficient (Wildman–Crippen LogP) is -4.77. The fourth-order valence-electron chi connectivity index (χ4n) is 12.1. The number of anilines is 1. The molecule has 13 atom stereocenters. The summed E-state index contributed by atoms with van der Waals surface area (Å²) in [6.45, 7) is 3.06. The maximum absolute atomic E-state index is 15.0. The van der Waals surface area contributed by atoms with Crippen molar-refractivity contribution in [3.63, 3.8) is 0 Å². The molecule has 2 aromatic carbocycles. The number of carboxylic acid groups (broad SMARTS) is 4. The number of aliphatic carboxylic acids is 4. The number of benzene rings is 2. The number of fused-ring (bicyclic) bond motifs is 1. The molecular weight excluding hydrogens is 1540 g/mol.